The number of ether oxygens (including phenoxy) is 1. The van der Waals surface area contributed by atoms with Gasteiger partial charge >= 0.3 is 6.09 Å². The van der Waals surface area contributed by atoms with Crippen molar-refractivity contribution in [2.45, 2.75) is 110 Å². The topological polar surface area (TPSA) is 163 Å². The molecule has 1 aliphatic heterocycles. The van der Waals surface area contributed by atoms with E-state index in [1.54, 1.807) is 25.7 Å². The summed E-state index contributed by atoms with van der Waals surface area (Å²) in [4.78, 5) is 80.9. The van der Waals surface area contributed by atoms with E-state index in [1.807, 2.05) is 37.3 Å². The molecule has 12 nitrogen and oxygen atoms in total. The van der Waals surface area contributed by atoms with E-state index in [4.69, 9.17) is 4.74 Å². The number of piperidine rings is 1. The van der Waals surface area contributed by atoms with Crippen molar-refractivity contribution in [1.82, 2.24) is 26.2 Å². The van der Waals surface area contributed by atoms with Gasteiger partial charge in [-0.3, -0.25) is 24.0 Å². The summed E-state index contributed by atoms with van der Waals surface area (Å²) < 4.78 is 5.47. The summed E-state index contributed by atoms with van der Waals surface area (Å²) in [6.07, 6.45) is 3.50. The number of alkyl carbamates (subject to hydrolysis) is 1. The monoisotopic (exact) mass is 653 g/mol. The number of carbonyl (C=O) groups is 6. The smallest absolute Gasteiger partial charge is 0.408 e. The highest BCUT2D eigenvalue weighted by molar-refractivity contribution is 6.38. The number of carbonyl (C=O) groups excluding carboxylic acids is 6. The molecule has 1 aromatic rings. The van der Waals surface area contributed by atoms with E-state index >= 15 is 0 Å². The van der Waals surface area contributed by atoms with Crippen molar-refractivity contribution in [2.24, 2.45) is 23.2 Å². The zero-order valence-electron chi connectivity index (χ0n) is 28.5. The lowest BCUT2D eigenvalue weighted by Crippen LogP contribution is -2.59. The van der Waals surface area contributed by atoms with Crippen LogP contribution in [0.5, 0.6) is 0 Å². The molecule has 0 bridgehead atoms. The molecule has 3 aliphatic rings. The van der Waals surface area contributed by atoms with Crippen LogP contribution in [0.3, 0.4) is 0 Å². The molecule has 4 rings (SSSR count). The van der Waals surface area contributed by atoms with Gasteiger partial charge in [0.05, 0.1) is 12.6 Å². The molecule has 4 N–H and O–H groups in total. The lowest BCUT2D eigenvalue weighted by atomic mass is 9.94. The van der Waals surface area contributed by atoms with Gasteiger partial charge in [-0.05, 0) is 68.8 Å². The second-order valence-electron chi connectivity index (χ2n) is 14.7. The van der Waals surface area contributed by atoms with Gasteiger partial charge in [0.25, 0.3) is 5.91 Å². The van der Waals surface area contributed by atoms with Crippen molar-refractivity contribution in [3.05, 3.63) is 35.9 Å². The van der Waals surface area contributed by atoms with E-state index in [-0.39, 0.29) is 48.6 Å². The first-order valence-electron chi connectivity index (χ1n) is 16.9. The Morgan fingerprint density at radius 1 is 0.979 bits per heavy atom. The maximum absolute atomic E-state index is 14.2. The Morgan fingerprint density at radius 2 is 1.64 bits per heavy atom. The highest BCUT2D eigenvalue weighted by Crippen LogP contribution is 2.65. The van der Waals surface area contributed by atoms with Crippen LogP contribution in [0.15, 0.2) is 30.3 Å². The van der Waals surface area contributed by atoms with Crippen molar-refractivity contribution in [1.29, 1.82) is 0 Å². The van der Waals surface area contributed by atoms with Crippen LogP contribution in [0, 0.1) is 23.2 Å². The number of Topliss-reactive ketones (excluding diaryl/α,β-unsaturated/α-hetero) is 1. The minimum Gasteiger partial charge on any atom is -0.444 e. The number of ketones is 1. The van der Waals surface area contributed by atoms with Gasteiger partial charge in [0.2, 0.25) is 23.5 Å². The molecule has 0 aromatic heterocycles. The van der Waals surface area contributed by atoms with Gasteiger partial charge < -0.3 is 30.9 Å². The van der Waals surface area contributed by atoms with Crippen molar-refractivity contribution < 1.29 is 33.5 Å². The summed E-state index contributed by atoms with van der Waals surface area (Å²) in [6, 6.07) is 6.47. The van der Waals surface area contributed by atoms with Crippen molar-refractivity contribution in [3.8, 4) is 0 Å². The van der Waals surface area contributed by atoms with Gasteiger partial charge in [-0.1, -0.05) is 70.4 Å². The summed E-state index contributed by atoms with van der Waals surface area (Å²) in [5, 5.41) is 10.7. The number of nitrogens with zero attached hydrogens (tertiary/aromatic N) is 1. The van der Waals surface area contributed by atoms with Gasteiger partial charge in [0, 0.05) is 13.1 Å². The first kappa shape index (κ1) is 35.9. The van der Waals surface area contributed by atoms with Crippen LogP contribution < -0.4 is 21.3 Å². The number of hydrogen-bond donors (Lipinski definition) is 4. The van der Waals surface area contributed by atoms with E-state index < -0.39 is 53.3 Å². The van der Waals surface area contributed by atoms with Crippen LogP contribution >= 0.6 is 0 Å². The van der Waals surface area contributed by atoms with E-state index in [9.17, 15) is 28.8 Å². The van der Waals surface area contributed by atoms with Crippen LogP contribution in [-0.4, -0.2) is 77.2 Å². The molecule has 1 aromatic carbocycles. The molecule has 12 heteroatoms. The second kappa shape index (κ2) is 14.9. The van der Waals surface area contributed by atoms with Gasteiger partial charge in [-0.25, -0.2) is 4.79 Å². The Labute approximate surface area is 277 Å². The van der Waals surface area contributed by atoms with Gasteiger partial charge in [0.15, 0.2) is 0 Å². The number of fused-ring (bicyclic) bond motifs is 1. The van der Waals surface area contributed by atoms with Gasteiger partial charge in [-0.15, -0.1) is 0 Å². The fourth-order valence-corrected chi connectivity index (χ4v) is 7.18. The van der Waals surface area contributed by atoms with Crippen LogP contribution in [0.1, 0.15) is 85.6 Å². The van der Waals surface area contributed by atoms with E-state index in [2.05, 4.69) is 35.1 Å². The van der Waals surface area contributed by atoms with Crippen LogP contribution in [0.4, 0.5) is 4.79 Å². The quantitative estimate of drug-likeness (QED) is 0.238. The Bertz CT molecular complexity index is 1340. The Balaban J connectivity index is 1.42. The lowest BCUT2D eigenvalue weighted by Gasteiger charge is -2.35. The fraction of sp³-hybridized carbons (Fsp3) is 0.657. The zero-order valence-corrected chi connectivity index (χ0v) is 28.5. The molecule has 0 spiro atoms. The Kier molecular flexibility index (Phi) is 11.3. The zero-order chi connectivity index (χ0) is 34.5. The highest BCUT2D eigenvalue weighted by atomic mass is 16.6. The molecule has 47 heavy (non-hydrogen) atoms. The van der Waals surface area contributed by atoms with Crippen molar-refractivity contribution in [3.63, 3.8) is 0 Å². The van der Waals surface area contributed by atoms with Gasteiger partial charge in [-0.2, -0.15) is 0 Å². The minimum atomic E-state index is -1.12. The molecule has 2 saturated carbocycles. The summed E-state index contributed by atoms with van der Waals surface area (Å²) in [5.41, 5.74) is -0.0342. The molecule has 258 valence electrons. The molecule has 5 amide bonds. The third kappa shape index (κ3) is 8.90. The maximum atomic E-state index is 14.2. The largest absolute Gasteiger partial charge is 0.444 e. The molecule has 3 fully saturated rings. The number of likely N-dealkylation sites (tertiary alicyclic amines) is 1. The average Bonchev–Trinajstić information content (AvgIpc) is 3.45. The number of nitrogens with one attached hydrogen (secondary N) is 4. The van der Waals surface area contributed by atoms with Crippen molar-refractivity contribution in [2.75, 3.05) is 13.1 Å². The summed E-state index contributed by atoms with van der Waals surface area (Å²) in [5.74, 6) is -3.22. The number of rotatable bonds is 13. The second-order valence-corrected chi connectivity index (χ2v) is 14.7. The fourth-order valence-electron chi connectivity index (χ4n) is 7.18. The third-order valence-electron chi connectivity index (χ3n) is 9.75. The van der Waals surface area contributed by atoms with E-state index in [0.29, 0.717) is 13.0 Å². The predicted octanol–water partition coefficient (Wildman–Crippen LogP) is 2.84. The van der Waals surface area contributed by atoms with Crippen LogP contribution in [-0.2, 0) is 35.3 Å². The molecular weight excluding hydrogens is 602 g/mol. The highest BCUT2D eigenvalue weighted by Gasteiger charge is 2.69. The van der Waals surface area contributed by atoms with Crippen LogP contribution in [0.2, 0.25) is 0 Å². The third-order valence-corrected chi connectivity index (χ3v) is 9.75. The lowest BCUT2D eigenvalue weighted by molar-refractivity contribution is -0.145. The normalized spacial score (nSPS) is 22.8. The minimum absolute atomic E-state index is 0.0772. The molecule has 2 unspecified atom stereocenters. The van der Waals surface area contributed by atoms with E-state index in [0.717, 1.165) is 31.2 Å². The van der Waals surface area contributed by atoms with Crippen molar-refractivity contribution >= 4 is 35.5 Å². The number of hydrogen-bond acceptors (Lipinski definition) is 7. The summed E-state index contributed by atoms with van der Waals surface area (Å²) in [6.45, 7) is 11.5. The number of amides is 5. The standard InChI is InChI=1S/C35H51N5O7/c1-7-13-24(29(42)31(44)37-19-25(41)36-18-21-14-9-8-10-15-21)38-30(43)28-26-23(35(26,5)6)20-40(28)32(45)27(22-16-11-12-17-22)39-33(46)47-34(2,3)4/h8-10,14-15,22-24,26-28H,7,11-13,16-20H2,1-6H3,(H,36,41)(H,37,44)(H,38,43)(H,39,46)/t23-,24?,26-,27?,28-/m0/s1. The molecule has 2 aliphatic carbocycles. The SMILES string of the molecule is CCCC(NC(=O)[C@@H]1[C@@H]2[C@H](CN1C(=O)C(NC(=O)OC(C)(C)C)C1CCCC1)C2(C)C)C(=O)C(=O)NCC(=O)NCc1ccccc1. The summed E-state index contributed by atoms with van der Waals surface area (Å²) in [7, 11) is 0. The molecule has 1 heterocycles. The predicted molar refractivity (Wildman–Crippen MR) is 175 cm³/mol. The Hall–Kier alpha value is -3.96. The van der Waals surface area contributed by atoms with Gasteiger partial charge in [0.1, 0.15) is 17.7 Å². The molecule has 1 saturated heterocycles. The summed E-state index contributed by atoms with van der Waals surface area (Å²) >= 11 is 0. The molecular formula is C35H51N5O7. The first-order chi connectivity index (χ1) is 22.1. The first-order valence-corrected chi connectivity index (χ1v) is 16.9. The maximum Gasteiger partial charge on any atom is 0.408 e. The van der Waals surface area contributed by atoms with Crippen LogP contribution in [0.25, 0.3) is 0 Å². The number of benzene rings is 1. The Morgan fingerprint density at radius 3 is 2.26 bits per heavy atom. The molecule has 5 atom stereocenters. The average molecular weight is 654 g/mol. The molecule has 0 radical (unpaired) electrons. The van der Waals surface area contributed by atoms with E-state index in [1.165, 1.54) is 0 Å².